The molecule has 122 valence electrons. The normalized spacial score (nSPS) is 15.8. The number of hydrogen-bond donors (Lipinski definition) is 1. The molecule has 0 aliphatic carbocycles. The number of benzene rings is 1. The third-order valence-corrected chi connectivity index (χ3v) is 4.03. The third kappa shape index (κ3) is 5.66. The molecule has 1 N–H and O–H groups in total. The molecule has 5 heteroatoms. The summed E-state index contributed by atoms with van der Waals surface area (Å²) in [4.78, 5) is 16.3. The maximum Gasteiger partial charge on any atom is 0.317 e. The largest absolute Gasteiger partial charge is 0.383 e. The van der Waals surface area contributed by atoms with Crippen molar-refractivity contribution >= 4 is 6.03 Å². The lowest BCUT2D eigenvalue weighted by atomic mass is 10.1. The van der Waals surface area contributed by atoms with Gasteiger partial charge >= 0.3 is 6.03 Å². The lowest BCUT2D eigenvalue weighted by Gasteiger charge is -2.34. The Balaban J connectivity index is 1.58. The van der Waals surface area contributed by atoms with E-state index >= 15 is 0 Å². The molecule has 1 aliphatic heterocycles. The van der Waals surface area contributed by atoms with Gasteiger partial charge in [0.2, 0.25) is 0 Å². The number of nitrogens with one attached hydrogen (secondary N) is 1. The summed E-state index contributed by atoms with van der Waals surface area (Å²) in [6.45, 7) is 5.90. The first-order valence-corrected chi connectivity index (χ1v) is 8.07. The van der Waals surface area contributed by atoms with E-state index in [2.05, 4.69) is 34.5 Å². The standard InChI is InChI=1S/C17H27N3O2/c1-22-15-14-19-10-12-20(13-11-19)17(21)18-9-5-8-16-6-3-2-4-7-16/h2-4,6-7H,5,8-15H2,1H3,(H,18,21). The summed E-state index contributed by atoms with van der Waals surface area (Å²) >= 11 is 0. The summed E-state index contributed by atoms with van der Waals surface area (Å²) in [5, 5.41) is 3.02. The number of rotatable bonds is 7. The second kappa shape index (κ2) is 9.43. The van der Waals surface area contributed by atoms with Gasteiger partial charge in [0.05, 0.1) is 6.61 Å². The van der Waals surface area contributed by atoms with Gasteiger partial charge < -0.3 is 15.0 Å². The van der Waals surface area contributed by atoms with Crippen molar-refractivity contribution in [1.82, 2.24) is 15.1 Å². The van der Waals surface area contributed by atoms with Crippen molar-refractivity contribution in [1.29, 1.82) is 0 Å². The van der Waals surface area contributed by atoms with Gasteiger partial charge in [-0.15, -0.1) is 0 Å². The second-order valence-electron chi connectivity index (χ2n) is 5.64. The molecule has 1 saturated heterocycles. The van der Waals surface area contributed by atoms with Gasteiger partial charge in [0.1, 0.15) is 0 Å². The van der Waals surface area contributed by atoms with E-state index in [0.717, 1.165) is 58.7 Å². The number of urea groups is 1. The van der Waals surface area contributed by atoms with Crippen LogP contribution in [0.5, 0.6) is 0 Å². The number of amides is 2. The molecular formula is C17H27N3O2. The Bertz CT molecular complexity index is 431. The fourth-order valence-corrected chi connectivity index (χ4v) is 2.64. The number of carbonyl (C=O) groups excluding carboxylic acids is 1. The molecule has 1 aliphatic rings. The smallest absolute Gasteiger partial charge is 0.317 e. The molecule has 0 radical (unpaired) electrons. The van der Waals surface area contributed by atoms with Crippen molar-refractivity contribution in [3.8, 4) is 0 Å². The van der Waals surface area contributed by atoms with Crippen molar-refractivity contribution in [2.75, 3.05) is 53.0 Å². The van der Waals surface area contributed by atoms with E-state index in [1.165, 1.54) is 5.56 Å². The van der Waals surface area contributed by atoms with Crippen LogP contribution in [-0.2, 0) is 11.2 Å². The summed E-state index contributed by atoms with van der Waals surface area (Å²) in [6, 6.07) is 10.5. The maximum absolute atomic E-state index is 12.1. The van der Waals surface area contributed by atoms with Crippen LogP contribution in [0.15, 0.2) is 30.3 Å². The van der Waals surface area contributed by atoms with Crippen LogP contribution in [0.25, 0.3) is 0 Å². The SMILES string of the molecule is COCCN1CCN(C(=O)NCCCc2ccccc2)CC1. The van der Waals surface area contributed by atoms with E-state index in [-0.39, 0.29) is 6.03 Å². The van der Waals surface area contributed by atoms with Crippen LogP contribution >= 0.6 is 0 Å². The van der Waals surface area contributed by atoms with Crippen LogP contribution in [0.1, 0.15) is 12.0 Å². The van der Waals surface area contributed by atoms with Gasteiger partial charge in [-0.25, -0.2) is 4.79 Å². The quantitative estimate of drug-likeness (QED) is 0.778. The Morgan fingerprint density at radius 3 is 2.59 bits per heavy atom. The molecule has 0 spiro atoms. The van der Waals surface area contributed by atoms with Crippen LogP contribution < -0.4 is 5.32 Å². The highest BCUT2D eigenvalue weighted by molar-refractivity contribution is 5.74. The molecule has 0 saturated carbocycles. The first-order valence-electron chi connectivity index (χ1n) is 8.07. The van der Waals surface area contributed by atoms with Gasteiger partial charge in [-0.05, 0) is 18.4 Å². The van der Waals surface area contributed by atoms with Crippen molar-refractivity contribution in [2.24, 2.45) is 0 Å². The second-order valence-corrected chi connectivity index (χ2v) is 5.64. The molecule has 2 amide bonds. The van der Waals surface area contributed by atoms with E-state index in [0.29, 0.717) is 0 Å². The van der Waals surface area contributed by atoms with E-state index in [4.69, 9.17) is 4.74 Å². The van der Waals surface area contributed by atoms with Crippen LogP contribution in [0.3, 0.4) is 0 Å². The Kier molecular flexibility index (Phi) is 7.19. The molecule has 1 aromatic rings. The Hall–Kier alpha value is -1.59. The minimum absolute atomic E-state index is 0.0689. The van der Waals surface area contributed by atoms with Gasteiger partial charge in [0.25, 0.3) is 0 Å². The van der Waals surface area contributed by atoms with E-state index < -0.39 is 0 Å². The van der Waals surface area contributed by atoms with E-state index in [9.17, 15) is 4.79 Å². The summed E-state index contributed by atoms with van der Waals surface area (Å²) in [7, 11) is 1.72. The summed E-state index contributed by atoms with van der Waals surface area (Å²) < 4.78 is 5.09. The van der Waals surface area contributed by atoms with Gasteiger partial charge in [0.15, 0.2) is 0 Å². The zero-order valence-electron chi connectivity index (χ0n) is 13.5. The maximum atomic E-state index is 12.1. The lowest BCUT2D eigenvalue weighted by molar-refractivity contribution is 0.106. The van der Waals surface area contributed by atoms with Crippen molar-refractivity contribution < 1.29 is 9.53 Å². The molecule has 22 heavy (non-hydrogen) atoms. The molecule has 0 unspecified atom stereocenters. The molecule has 1 aromatic carbocycles. The van der Waals surface area contributed by atoms with Crippen molar-refractivity contribution in [2.45, 2.75) is 12.8 Å². The van der Waals surface area contributed by atoms with Gasteiger partial charge in [-0.1, -0.05) is 30.3 Å². The number of nitrogens with zero attached hydrogens (tertiary/aromatic N) is 2. The Morgan fingerprint density at radius 1 is 1.18 bits per heavy atom. The highest BCUT2D eigenvalue weighted by Gasteiger charge is 2.20. The van der Waals surface area contributed by atoms with Crippen LogP contribution in [0.2, 0.25) is 0 Å². The molecule has 5 nitrogen and oxygen atoms in total. The highest BCUT2D eigenvalue weighted by atomic mass is 16.5. The molecule has 1 heterocycles. The number of carbonyl (C=O) groups is 1. The lowest BCUT2D eigenvalue weighted by Crippen LogP contribution is -2.52. The number of hydrogen-bond acceptors (Lipinski definition) is 3. The first-order chi connectivity index (χ1) is 10.8. The summed E-state index contributed by atoms with van der Waals surface area (Å²) in [6.07, 6.45) is 1.98. The molecule has 1 fully saturated rings. The van der Waals surface area contributed by atoms with Crippen LogP contribution in [0, 0.1) is 0 Å². The monoisotopic (exact) mass is 305 g/mol. The highest BCUT2D eigenvalue weighted by Crippen LogP contribution is 2.03. The Morgan fingerprint density at radius 2 is 1.91 bits per heavy atom. The molecule has 0 atom stereocenters. The predicted molar refractivity (Wildman–Crippen MR) is 88.1 cm³/mol. The zero-order valence-corrected chi connectivity index (χ0v) is 13.5. The average molecular weight is 305 g/mol. The van der Waals surface area contributed by atoms with Crippen LogP contribution in [0.4, 0.5) is 4.79 Å². The molecular weight excluding hydrogens is 278 g/mol. The number of ether oxygens (including phenoxy) is 1. The van der Waals surface area contributed by atoms with Crippen molar-refractivity contribution in [3.63, 3.8) is 0 Å². The third-order valence-electron chi connectivity index (χ3n) is 4.03. The predicted octanol–water partition coefficient (Wildman–Crippen LogP) is 1.59. The minimum Gasteiger partial charge on any atom is -0.383 e. The molecule has 2 rings (SSSR count). The fourth-order valence-electron chi connectivity index (χ4n) is 2.64. The van der Waals surface area contributed by atoms with Gasteiger partial charge in [0, 0.05) is 46.4 Å². The number of methoxy groups -OCH3 is 1. The summed E-state index contributed by atoms with van der Waals surface area (Å²) in [5.74, 6) is 0. The Labute approximate surface area is 133 Å². The van der Waals surface area contributed by atoms with Gasteiger partial charge in [-0.3, -0.25) is 4.90 Å². The van der Waals surface area contributed by atoms with Crippen LogP contribution in [-0.4, -0.2) is 68.8 Å². The summed E-state index contributed by atoms with van der Waals surface area (Å²) in [5.41, 5.74) is 1.32. The van der Waals surface area contributed by atoms with Gasteiger partial charge in [-0.2, -0.15) is 0 Å². The first kappa shape index (κ1) is 16.8. The topological polar surface area (TPSA) is 44.8 Å². The fraction of sp³-hybridized carbons (Fsp3) is 0.588. The number of piperazine rings is 1. The molecule has 0 aromatic heterocycles. The van der Waals surface area contributed by atoms with Crippen molar-refractivity contribution in [3.05, 3.63) is 35.9 Å². The van der Waals surface area contributed by atoms with E-state index in [1.807, 2.05) is 11.0 Å². The zero-order chi connectivity index (χ0) is 15.6. The van der Waals surface area contributed by atoms with E-state index in [1.54, 1.807) is 7.11 Å². The molecule has 0 bridgehead atoms. The average Bonchev–Trinajstić information content (AvgIpc) is 2.58. The number of aryl methyl sites for hydroxylation is 1. The minimum atomic E-state index is 0.0689.